The van der Waals surface area contributed by atoms with E-state index < -0.39 is 0 Å². The van der Waals surface area contributed by atoms with E-state index in [2.05, 4.69) is 29.0 Å². The summed E-state index contributed by atoms with van der Waals surface area (Å²) in [6, 6.07) is 0. The van der Waals surface area contributed by atoms with E-state index in [9.17, 15) is 4.79 Å². The Hall–Kier alpha value is -1.42. The third kappa shape index (κ3) is 4.03. The molecule has 21 heavy (non-hydrogen) atoms. The lowest BCUT2D eigenvalue weighted by atomic mass is 10.1. The molecular formula is C17H27N3O. The van der Waals surface area contributed by atoms with Crippen molar-refractivity contribution in [1.82, 2.24) is 14.5 Å². The largest absolute Gasteiger partial charge is 0.303 e. The van der Waals surface area contributed by atoms with Gasteiger partial charge in [-0.3, -0.25) is 9.36 Å². The number of nitrogens with zero attached hydrogens (tertiary/aromatic N) is 3. The van der Waals surface area contributed by atoms with Crippen LogP contribution >= 0.6 is 0 Å². The van der Waals surface area contributed by atoms with Crippen LogP contribution in [0, 0.1) is 6.92 Å². The second-order valence-electron chi connectivity index (χ2n) is 5.81. The minimum absolute atomic E-state index is 0.144. The number of hydrogen-bond acceptors (Lipinski definition) is 3. The number of aromatic nitrogens is 2. The lowest BCUT2D eigenvalue weighted by molar-refractivity contribution is 0.284. The zero-order valence-electron chi connectivity index (χ0n) is 13.6. The number of aryl methyl sites for hydroxylation is 1. The van der Waals surface area contributed by atoms with Gasteiger partial charge in [-0.2, -0.15) is 0 Å². The Morgan fingerprint density at radius 2 is 2.00 bits per heavy atom. The summed E-state index contributed by atoms with van der Waals surface area (Å²) in [6.45, 7) is 7.18. The summed E-state index contributed by atoms with van der Waals surface area (Å²) in [5, 5.41) is 0. The van der Waals surface area contributed by atoms with Gasteiger partial charge < -0.3 is 4.90 Å². The highest BCUT2D eigenvalue weighted by Gasteiger charge is 2.18. The summed E-state index contributed by atoms with van der Waals surface area (Å²) in [4.78, 5) is 19.4. The number of rotatable bonds is 5. The van der Waals surface area contributed by atoms with Gasteiger partial charge in [0.2, 0.25) is 0 Å². The van der Waals surface area contributed by atoms with Gasteiger partial charge in [-0.1, -0.05) is 19.1 Å². The van der Waals surface area contributed by atoms with Crippen molar-refractivity contribution in [2.45, 2.75) is 46.0 Å². The van der Waals surface area contributed by atoms with Crippen molar-refractivity contribution in [2.24, 2.45) is 7.05 Å². The van der Waals surface area contributed by atoms with Crippen molar-refractivity contribution < 1.29 is 0 Å². The highest BCUT2D eigenvalue weighted by atomic mass is 16.1. The Balaban J connectivity index is 1.96. The van der Waals surface area contributed by atoms with Crippen LogP contribution < -0.4 is 5.56 Å². The van der Waals surface area contributed by atoms with Gasteiger partial charge in [0.15, 0.2) is 0 Å². The van der Waals surface area contributed by atoms with E-state index in [1.807, 2.05) is 14.0 Å². The van der Waals surface area contributed by atoms with Crippen molar-refractivity contribution in [2.75, 3.05) is 19.6 Å². The molecule has 1 aromatic rings. The summed E-state index contributed by atoms with van der Waals surface area (Å²) >= 11 is 0. The van der Waals surface area contributed by atoms with Crippen molar-refractivity contribution in [3.8, 4) is 0 Å². The Bertz CT molecular complexity index is 560. The fourth-order valence-electron chi connectivity index (χ4n) is 2.86. The molecule has 4 heteroatoms. The molecule has 0 amide bonds. The maximum Gasteiger partial charge on any atom is 0.256 e. The molecule has 2 rings (SSSR count). The third-order valence-corrected chi connectivity index (χ3v) is 4.28. The van der Waals surface area contributed by atoms with Gasteiger partial charge in [0.05, 0.1) is 5.69 Å². The average molecular weight is 289 g/mol. The molecule has 0 fully saturated rings. The molecule has 4 nitrogen and oxygen atoms in total. The predicted molar refractivity (Wildman–Crippen MR) is 86.7 cm³/mol. The second-order valence-corrected chi connectivity index (χ2v) is 5.81. The summed E-state index contributed by atoms with van der Waals surface area (Å²) in [5.41, 5.74) is 2.09. The number of unbranched alkanes of at least 4 members (excludes halogenated alkanes) is 1. The fourth-order valence-corrected chi connectivity index (χ4v) is 2.86. The Kier molecular flexibility index (Phi) is 5.74. The lowest BCUT2D eigenvalue weighted by Crippen LogP contribution is -2.28. The standard InChI is InChI=1S/C17H27N3O/c1-4-5-6-7-8-11-20-12-9-15-16(10-13-20)18-14(2)19(3)17(15)21/h5-6H,4,7-13H2,1-3H3. The Morgan fingerprint density at radius 1 is 1.24 bits per heavy atom. The topological polar surface area (TPSA) is 38.1 Å². The zero-order valence-corrected chi connectivity index (χ0v) is 13.6. The SMILES string of the molecule is CCC=CCCCN1CCc2nc(C)n(C)c(=O)c2CC1. The number of allylic oxidation sites excluding steroid dienone is 2. The van der Waals surface area contributed by atoms with Crippen LogP contribution in [0.2, 0.25) is 0 Å². The maximum atomic E-state index is 12.3. The molecule has 2 heterocycles. The van der Waals surface area contributed by atoms with Gasteiger partial charge in [-0.25, -0.2) is 4.98 Å². The van der Waals surface area contributed by atoms with Gasteiger partial charge in [-0.05, 0) is 39.2 Å². The molecule has 0 bridgehead atoms. The number of fused-ring (bicyclic) bond motifs is 1. The molecule has 0 aromatic carbocycles. The molecule has 0 saturated heterocycles. The first-order valence-corrected chi connectivity index (χ1v) is 8.06. The minimum Gasteiger partial charge on any atom is -0.303 e. The van der Waals surface area contributed by atoms with Crippen LogP contribution in [-0.4, -0.2) is 34.1 Å². The van der Waals surface area contributed by atoms with Gasteiger partial charge in [0.1, 0.15) is 5.82 Å². The normalized spacial score (nSPS) is 16.1. The first kappa shape index (κ1) is 16.0. The molecule has 1 aliphatic rings. The summed E-state index contributed by atoms with van der Waals surface area (Å²) < 4.78 is 1.67. The van der Waals surface area contributed by atoms with Crippen molar-refractivity contribution in [3.05, 3.63) is 39.6 Å². The molecule has 1 aliphatic heterocycles. The molecule has 0 N–H and O–H groups in total. The highest BCUT2D eigenvalue weighted by molar-refractivity contribution is 5.21. The zero-order chi connectivity index (χ0) is 15.2. The lowest BCUT2D eigenvalue weighted by Gasteiger charge is -2.18. The van der Waals surface area contributed by atoms with Gasteiger partial charge in [0, 0.05) is 32.1 Å². The Morgan fingerprint density at radius 3 is 2.76 bits per heavy atom. The monoisotopic (exact) mass is 289 g/mol. The van der Waals surface area contributed by atoms with Crippen LogP contribution in [-0.2, 0) is 19.9 Å². The molecule has 116 valence electrons. The van der Waals surface area contributed by atoms with Gasteiger partial charge in [0.25, 0.3) is 5.56 Å². The quantitative estimate of drug-likeness (QED) is 0.616. The number of hydrogen-bond donors (Lipinski definition) is 0. The van der Waals surface area contributed by atoms with E-state index in [-0.39, 0.29) is 5.56 Å². The van der Waals surface area contributed by atoms with Crippen molar-refractivity contribution in [3.63, 3.8) is 0 Å². The molecule has 0 spiro atoms. The molecule has 0 unspecified atom stereocenters. The average Bonchev–Trinajstić information content (AvgIpc) is 2.67. The molecular weight excluding hydrogens is 262 g/mol. The van der Waals surface area contributed by atoms with Crippen LogP contribution in [0.1, 0.15) is 43.3 Å². The van der Waals surface area contributed by atoms with Gasteiger partial charge >= 0.3 is 0 Å². The molecule has 0 saturated carbocycles. The molecule has 0 atom stereocenters. The first-order chi connectivity index (χ1) is 10.1. The molecule has 0 radical (unpaired) electrons. The predicted octanol–water partition coefficient (Wildman–Crippen LogP) is 2.24. The van der Waals surface area contributed by atoms with Crippen molar-refractivity contribution >= 4 is 0 Å². The maximum absolute atomic E-state index is 12.3. The highest BCUT2D eigenvalue weighted by Crippen LogP contribution is 2.12. The van der Waals surface area contributed by atoms with Crippen LogP contribution in [0.5, 0.6) is 0 Å². The Labute approximate surface area is 127 Å². The van der Waals surface area contributed by atoms with Crippen molar-refractivity contribution in [1.29, 1.82) is 0 Å². The fraction of sp³-hybridized carbons (Fsp3) is 0.647. The van der Waals surface area contributed by atoms with Crippen LogP contribution in [0.25, 0.3) is 0 Å². The first-order valence-electron chi connectivity index (χ1n) is 8.06. The summed E-state index contributed by atoms with van der Waals surface area (Å²) in [5.74, 6) is 0.817. The van der Waals surface area contributed by atoms with Crippen LogP contribution in [0.15, 0.2) is 16.9 Å². The van der Waals surface area contributed by atoms with E-state index in [4.69, 9.17) is 0 Å². The van der Waals surface area contributed by atoms with E-state index in [1.165, 1.54) is 6.42 Å². The smallest absolute Gasteiger partial charge is 0.256 e. The van der Waals surface area contributed by atoms with E-state index in [0.29, 0.717) is 0 Å². The molecule has 1 aromatic heterocycles. The van der Waals surface area contributed by atoms with E-state index in [1.54, 1.807) is 4.57 Å². The van der Waals surface area contributed by atoms with Crippen LogP contribution in [0.4, 0.5) is 0 Å². The van der Waals surface area contributed by atoms with E-state index >= 15 is 0 Å². The minimum atomic E-state index is 0.144. The van der Waals surface area contributed by atoms with Crippen LogP contribution in [0.3, 0.4) is 0 Å². The summed E-state index contributed by atoms with van der Waals surface area (Å²) in [7, 11) is 1.81. The third-order valence-electron chi connectivity index (χ3n) is 4.28. The van der Waals surface area contributed by atoms with Gasteiger partial charge in [-0.15, -0.1) is 0 Å². The van der Waals surface area contributed by atoms with E-state index in [0.717, 1.165) is 62.4 Å². The summed E-state index contributed by atoms with van der Waals surface area (Å²) in [6.07, 6.45) is 9.69. The second kappa shape index (κ2) is 7.55. The molecule has 0 aliphatic carbocycles.